The van der Waals surface area contributed by atoms with E-state index in [1.54, 1.807) is 11.9 Å². The molecule has 0 aliphatic rings. The summed E-state index contributed by atoms with van der Waals surface area (Å²) in [5, 5.41) is 2.52. The number of likely N-dealkylation sites (N-methyl/N-ethyl adjacent to an activating group) is 1. The smallest absolute Gasteiger partial charge is 0.239 e. The first-order chi connectivity index (χ1) is 7.51. The summed E-state index contributed by atoms with van der Waals surface area (Å²) in [7, 11) is 1.57. The van der Waals surface area contributed by atoms with Crippen molar-refractivity contribution in [3.8, 4) is 0 Å². The Kier molecular flexibility index (Phi) is 7.54. The minimum atomic E-state index is -0.136. The molecule has 5 nitrogen and oxygen atoms in total. The maximum atomic E-state index is 11.8. The predicted molar refractivity (Wildman–Crippen MR) is 63.8 cm³/mol. The van der Waals surface area contributed by atoms with Gasteiger partial charge in [0, 0.05) is 26.1 Å². The van der Waals surface area contributed by atoms with Crippen molar-refractivity contribution < 1.29 is 9.59 Å². The molecule has 0 saturated heterocycles. The van der Waals surface area contributed by atoms with Crippen molar-refractivity contribution in [2.45, 2.75) is 39.2 Å². The second-order valence-electron chi connectivity index (χ2n) is 4.00. The van der Waals surface area contributed by atoms with E-state index in [1.165, 1.54) is 0 Å². The molecule has 0 rings (SSSR count). The van der Waals surface area contributed by atoms with E-state index < -0.39 is 0 Å². The summed E-state index contributed by atoms with van der Waals surface area (Å²) in [4.78, 5) is 24.6. The largest absolute Gasteiger partial charge is 0.358 e. The van der Waals surface area contributed by atoms with Gasteiger partial charge < -0.3 is 16.0 Å². The Morgan fingerprint density at radius 1 is 1.44 bits per heavy atom. The molecule has 0 saturated carbocycles. The summed E-state index contributed by atoms with van der Waals surface area (Å²) in [6, 6.07) is 0.0208. The fraction of sp³-hybridized carbons (Fsp3) is 0.818. The highest BCUT2D eigenvalue weighted by Crippen LogP contribution is 2.01. The van der Waals surface area contributed by atoms with Gasteiger partial charge in [-0.05, 0) is 19.8 Å². The third-order valence-corrected chi connectivity index (χ3v) is 2.27. The normalized spacial score (nSPS) is 12.0. The molecule has 0 spiro atoms. The molecule has 0 aromatic heterocycles. The van der Waals surface area contributed by atoms with Crippen LogP contribution in [0.5, 0.6) is 0 Å². The summed E-state index contributed by atoms with van der Waals surface area (Å²) in [6.07, 6.45) is 1.92. The van der Waals surface area contributed by atoms with Crippen LogP contribution in [0.25, 0.3) is 0 Å². The van der Waals surface area contributed by atoms with Crippen LogP contribution in [-0.2, 0) is 9.59 Å². The molecule has 0 radical (unpaired) electrons. The first-order valence-corrected chi connectivity index (χ1v) is 5.75. The van der Waals surface area contributed by atoms with E-state index in [-0.39, 0.29) is 24.4 Å². The maximum Gasteiger partial charge on any atom is 0.239 e. The van der Waals surface area contributed by atoms with Crippen LogP contribution >= 0.6 is 0 Å². The van der Waals surface area contributed by atoms with Crippen molar-refractivity contribution >= 4 is 11.8 Å². The van der Waals surface area contributed by atoms with Gasteiger partial charge in [-0.3, -0.25) is 9.59 Å². The summed E-state index contributed by atoms with van der Waals surface area (Å²) < 4.78 is 0. The number of rotatable bonds is 7. The summed E-state index contributed by atoms with van der Waals surface area (Å²) in [5.41, 5.74) is 5.59. The maximum absolute atomic E-state index is 11.8. The van der Waals surface area contributed by atoms with Crippen molar-refractivity contribution in [2.75, 3.05) is 20.1 Å². The zero-order valence-electron chi connectivity index (χ0n) is 10.5. The van der Waals surface area contributed by atoms with Crippen LogP contribution < -0.4 is 11.1 Å². The van der Waals surface area contributed by atoms with E-state index in [0.717, 1.165) is 6.42 Å². The minimum Gasteiger partial charge on any atom is -0.358 e. The van der Waals surface area contributed by atoms with Crippen LogP contribution in [0.3, 0.4) is 0 Å². The highest BCUT2D eigenvalue weighted by Gasteiger charge is 2.15. The van der Waals surface area contributed by atoms with Gasteiger partial charge in [-0.2, -0.15) is 0 Å². The van der Waals surface area contributed by atoms with Gasteiger partial charge in [0.15, 0.2) is 0 Å². The molecular formula is C11H23N3O2. The lowest BCUT2D eigenvalue weighted by Gasteiger charge is -2.21. The van der Waals surface area contributed by atoms with Gasteiger partial charge in [-0.15, -0.1) is 0 Å². The molecule has 0 heterocycles. The Morgan fingerprint density at radius 2 is 2.06 bits per heavy atom. The molecule has 0 bridgehead atoms. The van der Waals surface area contributed by atoms with Gasteiger partial charge in [0.2, 0.25) is 11.8 Å². The number of nitrogens with zero attached hydrogens (tertiary/aromatic N) is 1. The summed E-state index contributed by atoms with van der Waals surface area (Å²) in [5.74, 6) is -0.134. The SMILES string of the molecule is CCCN(CC(=O)NC)C(=O)CCC(C)N. The Morgan fingerprint density at radius 3 is 2.50 bits per heavy atom. The minimum absolute atomic E-state index is 0.00255. The second kappa shape index (κ2) is 8.10. The molecular weight excluding hydrogens is 206 g/mol. The van der Waals surface area contributed by atoms with E-state index in [4.69, 9.17) is 5.73 Å². The van der Waals surface area contributed by atoms with E-state index in [2.05, 4.69) is 5.32 Å². The lowest BCUT2D eigenvalue weighted by Crippen LogP contribution is -2.40. The van der Waals surface area contributed by atoms with Gasteiger partial charge in [0.1, 0.15) is 0 Å². The van der Waals surface area contributed by atoms with Crippen LogP contribution in [-0.4, -0.2) is 42.9 Å². The molecule has 5 heteroatoms. The fourth-order valence-corrected chi connectivity index (χ4v) is 1.32. The van der Waals surface area contributed by atoms with Gasteiger partial charge in [0.05, 0.1) is 6.54 Å². The van der Waals surface area contributed by atoms with E-state index in [0.29, 0.717) is 19.4 Å². The molecule has 3 N–H and O–H groups in total. The van der Waals surface area contributed by atoms with Crippen LogP contribution in [0.15, 0.2) is 0 Å². The van der Waals surface area contributed by atoms with Gasteiger partial charge in [-0.25, -0.2) is 0 Å². The standard InChI is InChI=1S/C11H23N3O2/c1-4-7-14(8-10(15)13-3)11(16)6-5-9(2)12/h9H,4-8,12H2,1-3H3,(H,13,15). The number of hydrogen-bond acceptors (Lipinski definition) is 3. The molecule has 0 fully saturated rings. The predicted octanol–water partition coefficient (Wildman–Crippen LogP) is 0.0984. The topological polar surface area (TPSA) is 75.4 Å². The highest BCUT2D eigenvalue weighted by atomic mass is 16.2. The number of carbonyl (C=O) groups is 2. The van der Waals surface area contributed by atoms with Crippen LogP contribution in [0.1, 0.15) is 33.1 Å². The Balaban J connectivity index is 4.17. The molecule has 0 aliphatic heterocycles. The number of carbonyl (C=O) groups excluding carboxylic acids is 2. The van der Waals surface area contributed by atoms with E-state index >= 15 is 0 Å². The average Bonchev–Trinajstić information content (AvgIpc) is 2.24. The molecule has 1 unspecified atom stereocenters. The Hall–Kier alpha value is -1.10. The molecule has 0 aromatic carbocycles. The van der Waals surface area contributed by atoms with Crippen molar-refractivity contribution in [3.05, 3.63) is 0 Å². The number of nitrogens with two attached hydrogens (primary N) is 1. The number of hydrogen-bond donors (Lipinski definition) is 2. The van der Waals surface area contributed by atoms with Gasteiger partial charge >= 0.3 is 0 Å². The highest BCUT2D eigenvalue weighted by molar-refractivity contribution is 5.84. The molecule has 94 valence electrons. The quantitative estimate of drug-likeness (QED) is 0.650. The number of nitrogens with one attached hydrogen (secondary N) is 1. The van der Waals surface area contributed by atoms with E-state index in [1.807, 2.05) is 13.8 Å². The summed E-state index contributed by atoms with van der Waals surface area (Å²) in [6.45, 7) is 4.61. The van der Waals surface area contributed by atoms with Gasteiger partial charge in [0.25, 0.3) is 0 Å². The van der Waals surface area contributed by atoms with Crippen LogP contribution in [0.4, 0.5) is 0 Å². The lowest BCUT2D eigenvalue weighted by molar-refractivity contribution is -0.136. The van der Waals surface area contributed by atoms with Crippen LogP contribution in [0.2, 0.25) is 0 Å². The fourth-order valence-electron chi connectivity index (χ4n) is 1.32. The molecule has 16 heavy (non-hydrogen) atoms. The van der Waals surface area contributed by atoms with E-state index in [9.17, 15) is 9.59 Å². The summed E-state index contributed by atoms with van der Waals surface area (Å²) >= 11 is 0. The Labute approximate surface area is 97.4 Å². The third kappa shape index (κ3) is 6.40. The first-order valence-electron chi connectivity index (χ1n) is 5.75. The molecule has 2 amide bonds. The Bertz CT molecular complexity index is 229. The molecule has 0 aromatic rings. The lowest BCUT2D eigenvalue weighted by atomic mass is 10.2. The monoisotopic (exact) mass is 229 g/mol. The van der Waals surface area contributed by atoms with Crippen molar-refractivity contribution in [2.24, 2.45) is 5.73 Å². The van der Waals surface area contributed by atoms with Crippen molar-refractivity contribution in [3.63, 3.8) is 0 Å². The zero-order valence-corrected chi connectivity index (χ0v) is 10.5. The van der Waals surface area contributed by atoms with Crippen molar-refractivity contribution in [1.29, 1.82) is 0 Å². The van der Waals surface area contributed by atoms with Gasteiger partial charge in [-0.1, -0.05) is 6.92 Å². The number of amides is 2. The average molecular weight is 229 g/mol. The molecule has 1 atom stereocenters. The van der Waals surface area contributed by atoms with Crippen molar-refractivity contribution in [1.82, 2.24) is 10.2 Å². The first kappa shape index (κ1) is 14.9. The zero-order chi connectivity index (χ0) is 12.6. The van der Waals surface area contributed by atoms with Crippen LogP contribution in [0, 0.1) is 0 Å². The second-order valence-corrected chi connectivity index (χ2v) is 4.00. The third-order valence-electron chi connectivity index (χ3n) is 2.27. The molecule has 0 aliphatic carbocycles.